The summed E-state index contributed by atoms with van der Waals surface area (Å²) in [5.74, 6) is 0.528. The molecule has 0 aliphatic heterocycles. The Bertz CT molecular complexity index is 303. The molecule has 0 amide bonds. The highest BCUT2D eigenvalue weighted by Gasteiger charge is 2.03. The molecule has 1 heterocycles. The minimum atomic E-state index is 0.0187. The predicted octanol–water partition coefficient (Wildman–Crippen LogP) is 1.85. The molecule has 0 radical (unpaired) electrons. The average Bonchev–Trinajstić information content (AvgIpc) is 2.18. The Morgan fingerprint density at radius 2 is 2.46 bits per heavy atom. The second-order valence-corrected chi connectivity index (χ2v) is 2.51. The maximum Gasteiger partial charge on any atom is 0.212 e. The van der Waals surface area contributed by atoms with Crippen molar-refractivity contribution in [2.45, 2.75) is 6.42 Å². The predicted molar refractivity (Wildman–Crippen MR) is 49.9 cm³/mol. The third-order valence-corrected chi connectivity index (χ3v) is 1.60. The van der Waals surface area contributed by atoms with E-state index in [4.69, 9.17) is 4.74 Å². The van der Waals surface area contributed by atoms with Crippen molar-refractivity contribution in [3.05, 3.63) is 36.5 Å². The van der Waals surface area contributed by atoms with Gasteiger partial charge in [-0.05, 0) is 6.07 Å². The van der Waals surface area contributed by atoms with Gasteiger partial charge in [0.25, 0.3) is 0 Å². The highest BCUT2D eigenvalue weighted by atomic mass is 16.5. The van der Waals surface area contributed by atoms with Crippen molar-refractivity contribution in [3.63, 3.8) is 0 Å². The molecule has 0 aliphatic carbocycles. The smallest absolute Gasteiger partial charge is 0.212 e. The molecule has 0 fully saturated rings. The molecule has 68 valence electrons. The maximum absolute atomic E-state index is 11.3. The van der Waals surface area contributed by atoms with Gasteiger partial charge in [-0.25, -0.2) is 4.98 Å². The summed E-state index contributed by atoms with van der Waals surface area (Å²) in [4.78, 5) is 15.2. The summed E-state index contributed by atoms with van der Waals surface area (Å²) in [6.07, 6.45) is 3.42. The van der Waals surface area contributed by atoms with E-state index in [0.29, 0.717) is 17.9 Å². The molecule has 3 heteroatoms. The average molecular weight is 177 g/mol. The van der Waals surface area contributed by atoms with Crippen LogP contribution in [0.3, 0.4) is 0 Å². The first-order valence-corrected chi connectivity index (χ1v) is 3.92. The molecule has 1 rings (SSSR count). The fourth-order valence-corrected chi connectivity index (χ4v) is 0.915. The van der Waals surface area contributed by atoms with Crippen LogP contribution in [0.4, 0.5) is 0 Å². The Morgan fingerprint density at radius 1 is 1.69 bits per heavy atom. The molecule has 13 heavy (non-hydrogen) atoms. The van der Waals surface area contributed by atoms with Gasteiger partial charge in [-0.1, -0.05) is 6.08 Å². The second kappa shape index (κ2) is 4.40. The van der Waals surface area contributed by atoms with Crippen LogP contribution in [0.2, 0.25) is 0 Å². The lowest BCUT2D eigenvalue weighted by atomic mass is 10.1. The molecule has 0 aromatic carbocycles. The van der Waals surface area contributed by atoms with E-state index < -0.39 is 0 Å². The summed E-state index contributed by atoms with van der Waals surface area (Å²) in [5, 5.41) is 0. The van der Waals surface area contributed by atoms with Crippen LogP contribution in [0, 0.1) is 0 Å². The number of methoxy groups -OCH3 is 1. The van der Waals surface area contributed by atoms with E-state index in [1.54, 1.807) is 18.2 Å². The van der Waals surface area contributed by atoms with Crippen LogP contribution in [-0.2, 0) is 0 Å². The summed E-state index contributed by atoms with van der Waals surface area (Å²) in [6, 6.07) is 3.36. The van der Waals surface area contributed by atoms with Gasteiger partial charge in [0.2, 0.25) is 5.88 Å². The Morgan fingerprint density at radius 3 is 2.92 bits per heavy atom. The molecule has 0 atom stereocenters. The molecular formula is C10H11NO2. The van der Waals surface area contributed by atoms with E-state index >= 15 is 0 Å². The van der Waals surface area contributed by atoms with Crippen LogP contribution >= 0.6 is 0 Å². The number of hydrogen-bond acceptors (Lipinski definition) is 3. The molecule has 1 aromatic heterocycles. The monoisotopic (exact) mass is 177 g/mol. The van der Waals surface area contributed by atoms with Crippen LogP contribution in [0.25, 0.3) is 0 Å². The van der Waals surface area contributed by atoms with Crippen molar-refractivity contribution in [2.24, 2.45) is 0 Å². The van der Waals surface area contributed by atoms with E-state index in [0.717, 1.165) is 0 Å². The molecular weight excluding hydrogens is 166 g/mol. The first-order valence-electron chi connectivity index (χ1n) is 3.92. The number of carbonyl (C=O) groups excluding carboxylic acids is 1. The zero-order chi connectivity index (χ0) is 9.68. The Labute approximate surface area is 77.1 Å². The van der Waals surface area contributed by atoms with Gasteiger partial charge in [-0.3, -0.25) is 4.79 Å². The molecule has 0 spiro atoms. The zero-order valence-electron chi connectivity index (χ0n) is 7.49. The third-order valence-electron chi connectivity index (χ3n) is 1.60. The summed E-state index contributed by atoms with van der Waals surface area (Å²) in [5.41, 5.74) is 0.584. The van der Waals surface area contributed by atoms with E-state index in [-0.39, 0.29) is 5.78 Å². The van der Waals surface area contributed by atoms with Crippen LogP contribution in [-0.4, -0.2) is 17.9 Å². The number of ketones is 1. The number of allylic oxidation sites excluding steroid dienone is 1. The normalized spacial score (nSPS) is 9.31. The minimum absolute atomic E-state index is 0.0187. The van der Waals surface area contributed by atoms with Crippen molar-refractivity contribution in [3.8, 4) is 5.88 Å². The lowest BCUT2D eigenvalue weighted by Crippen LogP contribution is -1.98. The summed E-state index contributed by atoms with van der Waals surface area (Å²) in [7, 11) is 1.54. The first kappa shape index (κ1) is 9.45. The number of rotatable bonds is 4. The van der Waals surface area contributed by atoms with Gasteiger partial charge >= 0.3 is 0 Å². The number of pyridine rings is 1. The number of nitrogens with zero attached hydrogens (tertiary/aromatic N) is 1. The maximum atomic E-state index is 11.3. The van der Waals surface area contributed by atoms with Crippen molar-refractivity contribution in [1.29, 1.82) is 0 Å². The molecule has 0 saturated heterocycles. The number of aromatic nitrogens is 1. The Hall–Kier alpha value is -1.64. The van der Waals surface area contributed by atoms with Crippen molar-refractivity contribution in [2.75, 3.05) is 7.11 Å². The van der Waals surface area contributed by atoms with Crippen molar-refractivity contribution in [1.82, 2.24) is 4.98 Å². The zero-order valence-corrected chi connectivity index (χ0v) is 7.49. The van der Waals surface area contributed by atoms with E-state index in [9.17, 15) is 4.79 Å². The van der Waals surface area contributed by atoms with E-state index in [2.05, 4.69) is 11.6 Å². The largest absolute Gasteiger partial charge is 0.481 e. The molecule has 0 aliphatic rings. The van der Waals surface area contributed by atoms with E-state index in [1.165, 1.54) is 13.3 Å². The van der Waals surface area contributed by atoms with Gasteiger partial charge in [-0.15, -0.1) is 6.58 Å². The first-order chi connectivity index (χ1) is 6.27. The van der Waals surface area contributed by atoms with Crippen LogP contribution in [0.5, 0.6) is 5.88 Å². The SMILES string of the molecule is C=CCC(=O)c1ccc(OC)nc1. The van der Waals surface area contributed by atoms with Crippen LogP contribution in [0.15, 0.2) is 31.0 Å². The van der Waals surface area contributed by atoms with Gasteiger partial charge in [0.1, 0.15) is 0 Å². The van der Waals surface area contributed by atoms with Crippen molar-refractivity contribution >= 4 is 5.78 Å². The van der Waals surface area contributed by atoms with E-state index in [1.807, 2.05) is 0 Å². The topological polar surface area (TPSA) is 39.2 Å². The van der Waals surface area contributed by atoms with Crippen molar-refractivity contribution < 1.29 is 9.53 Å². The fraction of sp³-hybridized carbons (Fsp3) is 0.200. The molecule has 1 aromatic rings. The van der Waals surface area contributed by atoms with Gasteiger partial charge in [-0.2, -0.15) is 0 Å². The lowest BCUT2D eigenvalue weighted by Gasteiger charge is -1.99. The third kappa shape index (κ3) is 2.40. The quantitative estimate of drug-likeness (QED) is 0.520. The molecule has 0 unspecified atom stereocenters. The van der Waals surface area contributed by atoms with Crippen LogP contribution in [0.1, 0.15) is 16.8 Å². The number of ether oxygens (including phenoxy) is 1. The van der Waals surface area contributed by atoms with Gasteiger partial charge < -0.3 is 4.74 Å². The number of Topliss-reactive ketones (excluding diaryl/α,β-unsaturated/α-hetero) is 1. The highest BCUT2D eigenvalue weighted by Crippen LogP contribution is 2.08. The minimum Gasteiger partial charge on any atom is -0.481 e. The fourth-order valence-electron chi connectivity index (χ4n) is 0.915. The standard InChI is InChI=1S/C10H11NO2/c1-3-4-9(12)8-5-6-10(13-2)11-7-8/h3,5-7H,1,4H2,2H3. The molecule has 0 bridgehead atoms. The van der Waals surface area contributed by atoms with Gasteiger partial charge in [0.05, 0.1) is 7.11 Å². The molecule has 3 nitrogen and oxygen atoms in total. The molecule has 0 saturated carbocycles. The highest BCUT2D eigenvalue weighted by molar-refractivity contribution is 5.96. The summed E-state index contributed by atoms with van der Waals surface area (Å²) in [6.45, 7) is 3.49. The summed E-state index contributed by atoms with van der Waals surface area (Å²) >= 11 is 0. The lowest BCUT2D eigenvalue weighted by molar-refractivity contribution is 0.0995. The molecule has 0 N–H and O–H groups in total. The Balaban J connectivity index is 2.79. The van der Waals surface area contributed by atoms with Gasteiger partial charge in [0.15, 0.2) is 5.78 Å². The second-order valence-electron chi connectivity index (χ2n) is 2.51. The Kier molecular flexibility index (Phi) is 3.20. The number of hydrogen-bond donors (Lipinski definition) is 0. The van der Waals surface area contributed by atoms with Gasteiger partial charge in [0, 0.05) is 24.2 Å². The van der Waals surface area contributed by atoms with Crippen LogP contribution < -0.4 is 4.74 Å². The summed E-state index contributed by atoms with van der Waals surface area (Å²) < 4.78 is 4.87. The number of carbonyl (C=O) groups is 1.